The number of aromatic nitrogens is 6. The molecule has 0 radical (unpaired) electrons. The van der Waals surface area contributed by atoms with Crippen molar-refractivity contribution in [1.29, 1.82) is 0 Å². The van der Waals surface area contributed by atoms with Gasteiger partial charge in [-0.05, 0) is 95.6 Å². The summed E-state index contributed by atoms with van der Waals surface area (Å²) in [6, 6.07) is 38.9. The fourth-order valence-electron chi connectivity index (χ4n) is 6.21. The summed E-state index contributed by atoms with van der Waals surface area (Å²) in [5.41, 5.74) is 6.72. The van der Waals surface area contributed by atoms with Crippen LogP contribution in [0.15, 0.2) is 160 Å². The second kappa shape index (κ2) is 16.5. The lowest BCUT2D eigenvalue weighted by atomic mass is 9.79. The van der Waals surface area contributed by atoms with Crippen molar-refractivity contribution in [3.05, 3.63) is 182 Å². The summed E-state index contributed by atoms with van der Waals surface area (Å²) < 4.78 is 16.4. The number of rotatable bonds is 6. The van der Waals surface area contributed by atoms with Crippen molar-refractivity contribution in [3.63, 3.8) is 0 Å². The fourth-order valence-corrected chi connectivity index (χ4v) is 6.59. The zero-order valence-electron chi connectivity index (χ0n) is 31.6. The van der Waals surface area contributed by atoms with Gasteiger partial charge in [-0.15, -0.1) is 0 Å². The van der Waals surface area contributed by atoms with E-state index in [0.29, 0.717) is 13.1 Å². The van der Waals surface area contributed by atoms with Gasteiger partial charge in [0.1, 0.15) is 0 Å². The normalized spacial score (nSPS) is 14.2. The highest BCUT2D eigenvalue weighted by Gasteiger charge is 2.51. The number of nitrogens with zero attached hydrogens (tertiary/aromatic N) is 4. The Bertz CT molecular complexity index is 2670. The Morgan fingerprint density at radius 2 is 1.11 bits per heavy atom. The molecule has 1 saturated heterocycles. The van der Waals surface area contributed by atoms with E-state index in [0.717, 1.165) is 54.0 Å². The number of nitrogens with one attached hydrogen (secondary N) is 2. The quantitative estimate of drug-likeness (QED) is 0.165. The van der Waals surface area contributed by atoms with Crippen molar-refractivity contribution < 1.29 is 9.31 Å². The summed E-state index contributed by atoms with van der Waals surface area (Å²) in [6.07, 6.45) is 7.32. The van der Waals surface area contributed by atoms with Crippen LogP contribution in [0, 0.1) is 0 Å². The number of hydrogen-bond donors (Lipinski definition) is 2. The minimum atomic E-state index is -0.317. The first-order valence-corrected chi connectivity index (χ1v) is 19.1. The van der Waals surface area contributed by atoms with E-state index in [1.54, 1.807) is 39.7 Å². The molecular formula is C44H42BBrN6O4. The topological polar surface area (TPSA) is 120 Å². The lowest BCUT2D eigenvalue weighted by Gasteiger charge is -2.32. The average molecular weight is 810 g/mol. The predicted molar refractivity (Wildman–Crippen MR) is 227 cm³/mol. The van der Waals surface area contributed by atoms with Gasteiger partial charge in [0.25, 0.3) is 11.1 Å². The zero-order valence-corrected chi connectivity index (χ0v) is 33.2. The monoisotopic (exact) mass is 808 g/mol. The van der Waals surface area contributed by atoms with E-state index >= 15 is 0 Å². The Morgan fingerprint density at radius 3 is 1.70 bits per heavy atom. The summed E-state index contributed by atoms with van der Waals surface area (Å²) in [7, 11) is -0.317. The van der Waals surface area contributed by atoms with E-state index in [4.69, 9.17) is 9.31 Å². The number of hydrogen-bond acceptors (Lipinski definition) is 6. The molecule has 0 spiro atoms. The molecule has 0 amide bonds. The molecule has 1 aliphatic heterocycles. The van der Waals surface area contributed by atoms with Crippen molar-refractivity contribution >= 4 is 50.3 Å². The summed E-state index contributed by atoms with van der Waals surface area (Å²) in [4.78, 5) is 23.6. The second-order valence-electron chi connectivity index (χ2n) is 14.6. The maximum atomic E-state index is 12.1. The third kappa shape index (κ3) is 9.00. The lowest BCUT2D eigenvalue weighted by molar-refractivity contribution is 0.00578. The van der Waals surface area contributed by atoms with Crippen LogP contribution in [0.25, 0.3) is 32.9 Å². The smallest absolute Gasteiger partial charge is 0.399 e. The first kappa shape index (κ1) is 38.5. The number of pyridine rings is 2. The Morgan fingerprint density at radius 1 is 0.607 bits per heavy atom. The molecule has 12 heteroatoms. The molecule has 1 aliphatic rings. The third-order valence-corrected chi connectivity index (χ3v) is 10.6. The van der Waals surface area contributed by atoms with E-state index in [1.807, 2.05) is 109 Å². The Hall–Kier alpha value is -5.82. The summed E-state index contributed by atoms with van der Waals surface area (Å²) in [5.74, 6) is 0. The van der Waals surface area contributed by atoms with Crippen molar-refractivity contribution in [2.45, 2.75) is 52.0 Å². The molecule has 0 saturated carbocycles. The molecule has 0 atom stereocenters. The number of aromatic amines is 2. The molecule has 0 bridgehead atoms. The van der Waals surface area contributed by atoms with E-state index in [-0.39, 0.29) is 29.4 Å². The standard InChI is InChI=1S/C19H15N3O.C13H17BN2O2.C12H10BrNO/c23-19-9-8-17(13-22(19)12-14-4-2-1-3-5-14)15-6-7-16-11-20-21-18(16)10-15;1-12(2)13(3,4)18-14(17-12)10-6-5-9-8-15-16-11(9)7-10;13-11-6-7-12(15)14(9-11)8-10-4-2-1-3-5-10/h1-11,13H,12H2,(H,20,21);5-8H,1-4H3,(H,15,16);1-7,9H,8H2. The van der Waals surface area contributed by atoms with Crippen LogP contribution >= 0.6 is 15.9 Å². The van der Waals surface area contributed by atoms with Gasteiger partial charge < -0.3 is 18.4 Å². The van der Waals surface area contributed by atoms with Crippen molar-refractivity contribution in [3.8, 4) is 11.1 Å². The molecule has 0 aliphatic carbocycles. The van der Waals surface area contributed by atoms with Gasteiger partial charge in [0, 0.05) is 39.8 Å². The Balaban J connectivity index is 0.000000132. The van der Waals surface area contributed by atoms with E-state index in [1.165, 1.54) is 0 Å². The third-order valence-electron chi connectivity index (χ3n) is 10.1. The molecule has 9 rings (SSSR count). The van der Waals surface area contributed by atoms with Crippen molar-refractivity contribution in [2.75, 3.05) is 0 Å². The number of benzene rings is 4. The molecule has 8 aromatic rings. The summed E-state index contributed by atoms with van der Waals surface area (Å²) >= 11 is 3.35. The lowest BCUT2D eigenvalue weighted by Crippen LogP contribution is -2.41. The molecule has 0 unspecified atom stereocenters. The summed E-state index contributed by atoms with van der Waals surface area (Å²) in [5, 5.41) is 16.2. The number of halogens is 1. The summed E-state index contributed by atoms with van der Waals surface area (Å²) in [6.45, 7) is 9.41. The Labute approximate surface area is 333 Å². The van der Waals surface area contributed by atoms with Gasteiger partial charge in [0.2, 0.25) is 0 Å². The van der Waals surface area contributed by atoms with Crippen LogP contribution in [0.1, 0.15) is 38.8 Å². The van der Waals surface area contributed by atoms with Gasteiger partial charge in [-0.25, -0.2) is 0 Å². The molecular weight excluding hydrogens is 767 g/mol. The van der Waals surface area contributed by atoms with Gasteiger partial charge in [-0.1, -0.05) is 84.9 Å². The molecule has 2 N–H and O–H groups in total. The van der Waals surface area contributed by atoms with Crippen LogP contribution in [-0.2, 0) is 22.4 Å². The van der Waals surface area contributed by atoms with Gasteiger partial charge in [0.15, 0.2) is 0 Å². The highest BCUT2D eigenvalue weighted by atomic mass is 79.9. The van der Waals surface area contributed by atoms with E-state index in [2.05, 4.69) is 70.1 Å². The van der Waals surface area contributed by atoms with Crippen molar-refractivity contribution in [1.82, 2.24) is 29.5 Å². The zero-order chi connectivity index (χ0) is 39.3. The van der Waals surface area contributed by atoms with Crippen molar-refractivity contribution in [2.24, 2.45) is 0 Å². The number of H-pyrrole nitrogens is 2. The van der Waals surface area contributed by atoms with Gasteiger partial charge in [-0.3, -0.25) is 19.8 Å². The maximum Gasteiger partial charge on any atom is 0.494 e. The molecule has 4 aromatic heterocycles. The minimum absolute atomic E-state index is 0.000205. The predicted octanol–water partition coefficient (Wildman–Crippen LogP) is 7.96. The van der Waals surface area contributed by atoms with Gasteiger partial charge in [0.05, 0.1) is 47.7 Å². The molecule has 1 fully saturated rings. The molecule has 4 aromatic carbocycles. The first-order chi connectivity index (χ1) is 26.9. The second-order valence-corrected chi connectivity index (χ2v) is 15.6. The SMILES string of the molecule is CC1(C)OB(c2ccc3cn[nH]c3c2)OC1(C)C.O=c1ccc(-c2ccc3cn[nH]c3c2)cn1Cc1ccccc1.O=c1ccc(Br)cn1Cc1ccccc1. The minimum Gasteiger partial charge on any atom is -0.399 e. The van der Waals surface area contributed by atoms with Gasteiger partial charge in [-0.2, -0.15) is 10.2 Å². The van der Waals surface area contributed by atoms with Crippen LogP contribution < -0.4 is 16.6 Å². The van der Waals surface area contributed by atoms with Crippen LogP contribution in [0.5, 0.6) is 0 Å². The van der Waals surface area contributed by atoms with Gasteiger partial charge >= 0.3 is 7.12 Å². The maximum absolute atomic E-state index is 12.1. The van der Waals surface area contributed by atoms with E-state index in [9.17, 15) is 9.59 Å². The first-order valence-electron chi connectivity index (χ1n) is 18.3. The van der Waals surface area contributed by atoms with Crippen LogP contribution in [0.2, 0.25) is 0 Å². The molecule has 5 heterocycles. The fraction of sp³-hybridized carbons (Fsp3) is 0.182. The van der Waals surface area contributed by atoms with Crippen LogP contribution in [-0.4, -0.2) is 47.8 Å². The average Bonchev–Trinajstić information content (AvgIpc) is 3.92. The number of fused-ring (bicyclic) bond motifs is 2. The van der Waals surface area contributed by atoms with Crippen LogP contribution in [0.4, 0.5) is 0 Å². The van der Waals surface area contributed by atoms with E-state index < -0.39 is 0 Å². The highest BCUT2D eigenvalue weighted by molar-refractivity contribution is 9.10. The molecule has 282 valence electrons. The molecule has 56 heavy (non-hydrogen) atoms. The van der Waals surface area contributed by atoms with Crippen LogP contribution in [0.3, 0.4) is 0 Å². The highest BCUT2D eigenvalue weighted by Crippen LogP contribution is 2.36. The Kier molecular flexibility index (Phi) is 11.3. The largest absolute Gasteiger partial charge is 0.494 e. The molecule has 10 nitrogen and oxygen atoms in total.